The second-order valence-electron chi connectivity index (χ2n) is 7.12. The number of amides is 2. The highest BCUT2D eigenvalue weighted by Gasteiger charge is 2.35. The quantitative estimate of drug-likeness (QED) is 0.780. The molecule has 9 heteroatoms. The molecule has 0 aromatic heterocycles. The zero-order chi connectivity index (χ0) is 22.0. The number of carbonyl (C=O) groups excluding carboxylic acids is 2. The minimum atomic E-state index is -0.787. The van der Waals surface area contributed by atoms with Gasteiger partial charge in [-0.25, -0.2) is 8.78 Å². The Balaban J connectivity index is 1.74. The average Bonchev–Trinajstić information content (AvgIpc) is 3.08. The molecule has 1 atom stereocenters. The summed E-state index contributed by atoms with van der Waals surface area (Å²) in [5.41, 5.74) is 0.377. The lowest BCUT2D eigenvalue weighted by atomic mass is 10.1. The monoisotopic (exact) mass is 419 g/mol. The standard InChI is InChI=1S/C21H23F2N3O4/c1-25(2)20-15(22)8-13(9-16(20)23)24-21(28)12-7-19(27)26(11-12)14-5-6-17(29-3)18(10-14)30-4/h5-6,8-10,12H,7,11H2,1-4H3,(H,24,28). The van der Waals surface area contributed by atoms with Crippen molar-refractivity contribution in [2.75, 3.05) is 50.0 Å². The van der Waals surface area contributed by atoms with Gasteiger partial charge in [0.05, 0.1) is 20.1 Å². The highest BCUT2D eigenvalue weighted by molar-refractivity contribution is 6.03. The molecule has 160 valence electrons. The lowest BCUT2D eigenvalue weighted by molar-refractivity contribution is -0.122. The predicted octanol–water partition coefficient (Wildman–Crippen LogP) is 3.04. The van der Waals surface area contributed by atoms with Gasteiger partial charge >= 0.3 is 0 Å². The number of nitrogens with one attached hydrogen (secondary N) is 1. The van der Waals surface area contributed by atoms with Gasteiger partial charge < -0.3 is 24.6 Å². The lowest BCUT2D eigenvalue weighted by Gasteiger charge is -2.19. The molecule has 1 fully saturated rings. The summed E-state index contributed by atoms with van der Waals surface area (Å²) in [6, 6.07) is 7.14. The van der Waals surface area contributed by atoms with Crippen LogP contribution >= 0.6 is 0 Å². The van der Waals surface area contributed by atoms with E-state index < -0.39 is 23.5 Å². The summed E-state index contributed by atoms with van der Waals surface area (Å²) in [7, 11) is 6.04. The van der Waals surface area contributed by atoms with Crippen LogP contribution in [0.4, 0.5) is 25.8 Å². The van der Waals surface area contributed by atoms with Crippen LogP contribution < -0.4 is 24.6 Å². The van der Waals surface area contributed by atoms with Crippen LogP contribution in [0.15, 0.2) is 30.3 Å². The first kappa shape index (κ1) is 21.4. The van der Waals surface area contributed by atoms with Gasteiger partial charge in [0.25, 0.3) is 0 Å². The van der Waals surface area contributed by atoms with Crippen molar-refractivity contribution in [1.82, 2.24) is 0 Å². The normalized spacial score (nSPS) is 15.9. The number of halogens is 2. The summed E-state index contributed by atoms with van der Waals surface area (Å²) >= 11 is 0. The average molecular weight is 419 g/mol. The summed E-state index contributed by atoms with van der Waals surface area (Å²) < 4.78 is 38.8. The van der Waals surface area contributed by atoms with Crippen molar-refractivity contribution < 1.29 is 27.8 Å². The zero-order valence-corrected chi connectivity index (χ0v) is 17.2. The smallest absolute Gasteiger partial charge is 0.229 e. The summed E-state index contributed by atoms with van der Waals surface area (Å²) in [5, 5.41) is 2.50. The first-order valence-electron chi connectivity index (χ1n) is 9.24. The molecule has 1 aliphatic heterocycles. The van der Waals surface area contributed by atoms with E-state index in [-0.39, 0.29) is 30.2 Å². The van der Waals surface area contributed by atoms with E-state index in [1.165, 1.54) is 38.1 Å². The van der Waals surface area contributed by atoms with Crippen molar-refractivity contribution in [1.29, 1.82) is 0 Å². The third-order valence-electron chi connectivity index (χ3n) is 4.91. The van der Waals surface area contributed by atoms with Gasteiger partial charge in [0.15, 0.2) is 23.1 Å². The summed E-state index contributed by atoms with van der Waals surface area (Å²) in [6.07, 6.45) is -0.0130. The van der Waals surface area contributed by atoms with Crippen LogP contribution in [0.3, 0.4) is 0 Å². The Hall–Kier alpha value is -3.36. The molecule has 1 heterocycles. The number of benzene rings is 2. The van der Waals surface area contributed by atoms with Crippen LogP contribution in [0.25, 0.3) is 0 Å². The first-order chi connectivity index (χ1) is 14.2. The van der Waals surface area contributed by atoms with Crippen LogP contribution in [0.1, 0.15) is 6.42 Å². The lowest BCUT2D eigenvalue weighted by Crippen LogP contribution is -2.28. The van der Waals surface area contributed by atoms with Crippen molar-refractivity contribution in [2.45, 2.75) is 6.42 Å². The zero-order valence-electron chi connectivity index (χ0n) is 17.2. The molecule has 0 radical (unpaired) electrons. The van der Waals surface area contributed by atoms with Crippen LogP contribution in [0.5, 0.6) is 11.5 Å². The first-order valence-corrected chi connectivity index (χ1v) is 9.24. The van der Waals surface area contributed by atoms with Crippen molar-refractivity contribution >= 4 is 28.9 Å². The van der Waals surface area contributed by atoms with Gasteiger partial charge in [-0.15, -0.1) is 0 Å². The van der Waals surface area contributed by atoms with E-state index in [4.69, 9.17) is 9.47 Å². The van der Waals surface area contributed by atoms with Gasteiger partial charge in [-0.2, -0.15) is 0 Å². The third-order valence-corrected chi connectivity index (χ3v) is 4.91. The SMILES string of the molecule is COc1ccc(N2CC(C(=O)Nc3cc(F)c(N(C)C)c(F)c3)CC2=O)cc1OC. The van der Waals surface area contributed by atoms with E-state index in [0.29, 0.717) is 17.2 Å². The molecule has 2 aromatic rings. The summed E-state index contributed by atoms with van der Waals surface area (Å²) in [5.74, 6) is -1.97. The number of hydrogen-bond acceptors (Lipinski definition) is 5. The van der Waals surface area contributed by atoms with Crippen molar-refractivity contribution in [3.8, 4) is 11.5 Å². The largest absolute Gasteiger partial charge is 0.493 e. The topological polar surface area (TPSA) is 71.1 Å². The maximum atomic E-state index is 14.2. The molecule has 2 amide bonds. The van der Waals surface area contributed by atoms with E-state index >= 15 is 0 Å². The van der Waals surface area contributed by atoms with Gasteiger partial charge in [0.2, 0.25) is 11.8 Å². The van der Waals surface area contributed by atoms with Crippen LogP contribution in [0, 0.1) is 17.6 Å². The highest BCUT2D eigenvalue weighted by atomic mass is 19.1. The fraction of sp³-hybridized carbons (Fsp3) is 0.333. The van der Waals surface area contributed by atoms with E-state index in [1.54, 1.807) is 18.2 Å². The van der Waals surface area contributed by atoms with Crippen molar-refractivity contribution in [3.05, 3.63) is 42.0 Å². The number of carbonyl (C=O) groups is 2. The molecule has 2 aromatic carbocycles. The molecular weight excluding hydrogens is 396 g/mol. The molecule has 1 aliphatic rings. The van der Waals surface area contributed by atoms with E-state index in [2.05, 4.69) is 5.32 Å². The van der Waals surface area contributed by atoms with Gasteiger partial charge in [-0.05, 0) is 24.3 Å². The molecule has 3 rings (SSSR count). The van der Waals surface area contributed by atoms with Crippen molar-refractivity contribution in [3.63, 3.8) is 0 Å². The van der Waals surface area contributed by atoms with E-state index in [1.807, 2.05) is 0 Å². The molecule has 7 nitrogen and oxygen atoms in total. The number of methoxy groups -OCH3 is 2. The second-order valence-corrected chi connectivity index (χ2v) is 7.12. The van der Waals surface area contributed by atoms with Gasteiger partial charge in [-0.3, -0.25) is 9.59 Å². The van der Waals surface area contributed by atoms with Crippen LogP contribution in [-0.4, -0.2) is 46.7 Å². The maximum absolute atomic E-state index is 14.2. The Morgan fingerprint density at radius 2 is 1.73 bits per heavy atom. The molecule has 1 unspecified atom stereocenters. The summed E-state index contributed by atoms with van der Waals surface area (Å²) in [6.45, 7) is 0.140. The molecule has 1 saturated heterocycles. The molecule has 0 bridgehead atoms. The number of anilines is 3. The highest BCUT2D eigenvalue weighted by Crippen LogP contribution is 2.34. The number of rotatable bonds is 6. The molecule has 30 heavy (non-hydrogen) atoms. The van der Waals surface area contributed by atoms with E-state index in [9.17, 15) is 18.4 Å². The third kappa shape index (κ3) is 4.14. The Labute approximate surface area is 173 Å². The molecule has 0 spiro atoms. The van der Waals surface area contributed by atoms with E-state index in [0.717, 1.165) is 12.1 Å². The van der Waals surface area contributed by atoms with Crippen LogP contribution in [-0.2, 0) is 9.59 Å². The molecule has 0 saturated carbocycles. The number of ether oxygens (including phenoxy) is 2. The fourth-order valence-electron chi connectivity index (χ4n) is 3.43. The van der Waals surface area contributed by atoms with Gasteiger partial charge in [-0.1, -0.05) is 0 Å². The Morgan fingerprint density at radius 1 is 1.10 bits per heavy atom. The minimum absolute atomic E-state index is 0.00221. The molecule has 0 aliphatic carbocycles. The molecule has 1 N–H and O–H groups in total. The Bertz CT molecular complexity index is 958. The predicted molar refractivity (Wildman–Crippen MR) is 109 cm³/mol. The van der Waals surface area contributed by atoms with Gasteiger partial charge in [0, 0.05) is 44.5 Å². The minimum Gasteiger partial charge on any atom is -0.493 e. The number of hydrogen-bond donors (Lipinski definition) is 1. The fourth-order valence-corrected chi connectivity index (χ4v) is 3.43. The Kier molecular flexibility index (Phi) is 6.09. The number of nitrogens with zero attached hydrogens (tertiary/aromatic N) is 2. The summed E-state index contributed by atoms with van der Waals surface area (Å²) in [4.78, 5) is 27.9. The Morgan fingerprint density at radius 3 is 2.30 bits per heavy atom. The van der Waals surface area contributed by atoms with Crippen LogP contribution in [0.2, 0.25) is 0 Å². The van der Waals surface area contributed by atoms with Gasteiger partial charge in [0.1, 0.15) is 5.69 Å². The van der Waals surface area contributed by atoms with Crippen molar-refractivity contribution in [2.24, 2.45) is 5.92 Å². The second kappa shape index (κ2) is 8.56. The maximum Gasteiger partial charge on any atom is 0.229 e. The molecular formula is C21H23F2N3O4.